The lowest BCUT2D eigenvalue weighted by Crippen LogP contribution is -2.25. The maximum atomic E-state index is 13.5. The van der Waals surface area contributed by atoms with E-state index < -0.39 is 61.1 Å². The van der Waals surface area contributed by atoms with Gasteiger partial charge in [-0.3, -0.25) is 4.79 Å². The van der Waals surface area contributed by atoms with E-state index >= 15 is 0 Å². The van der Waals surface area contributed by atoms with Crippen molar-refractivity contribution in [3.63, 3.8) is 0 Å². The zero-order valence-electron chi connectivity index (χ0n) is 17.4. The maximum Gasteiger partial charge on any atom is 0.419 e. The summed E-state index contributed by atoms with van der Waals surface area (Å²) in [5.41, 5.74) is -3.98. The fraction of sp³-hybridized carbons (Fsp3) is 0.300. The van der Waals surface area contributed by atoms with Crippen LogP contribution in [0.3, 0.4) is 0 Å². The molecule has 0 aliphatic rings. The summed E-state index contributed by atoms with van der Waals surface area (Å²) in [6.07, 6.45) is 1.03. The van der Waals surface area contributed by atoms with Crippen LogP contribution in [0, 0.1) is 18.2 Å². The van der Waals surface area contributed by atoms with Crippen LogP contribution in [0.15, 0.2) is 33.7 Å². The third kappa shape index (κ3) is 5.91. The van der Waals surface area contributed by atoms with Gasteiger partial charge >= 0.3 is 6.18 Å². The number of anilines is 1. The van der Waals surface area contributed by atoms with E-state index in [0.29, 0.717) is 12.1 Å². The Bertz CT molecular complexity index is 1230. The minimum atomic E-state index is -5.01. The van der Waals surface area contributed by atoms with Crippen molar-refractivity contribution in [1.82, 2.24) is 4.57 Å². The summed E-state index contributed by atoms with van der Waals surface area (Å²) >= 11 is 0. The Labute approximate surface area is 186 Å². The number of nitrogens with zero attached hydrogens (tertiary/aromatic N) is 2. The molecule has 2 rings (SSSR count). The average molecular weight is 489 g/mol. The van der Waals surface area contributed by atoms with Crippen molar-refractivity contribution >= 4 is 28.3 Å². The van der Waals surface area contributed by atoms with Gasteiger partial charge in [-0.05, 0) is 25.1 Å². The van der Waals surface area contributed by atoms with Crippen molar-refractivity contribution in [2.24, 2.45) is 11.4 Å². The monoisotopic (exact) mass is 489 g/mol. The van der Waals surface area contributed by atoms with Gasteiger partial charge in [0.2, 0.25) is 0 Å². The fourth-order valence-electron chi connectivity index (χ4n) is 2.67. The second-order valence-corrected chi connectivity index (χ2v) is 8.70. The van der Waals surface area contributed by atoms with Crippen LogP contribution in [-0.2, 0) is 23.2 Å². The van der Waals surface area contributed by atoms with Gasteiger partial charge in [0.15, 0.2) is 11.4 Å². The SMILES string of the molecule is C#CC(C)(O)CCOc1c(S(=O)(=O)N=C)cn(C)c1C(=O)Nc1ccc(F)c(C(F)(F)F)c1. The number of alkyl halides is 3. The highest BCUT2D eigenvalue weighted by atomic mass is 32.2. The van der Waals surface area contributed by atoms with E-state index in [1.807, 2.05) is 0 Å². The molecular formula is C20H19F4N3O5S. The van der Waals surface area contributed by atoms with Crippen molar-refractivity contribution in [2.45, 2.75) is 30.0 Å². The van der Waals surface area contributed by atoms with Crippen LogP contribution in [-0.4, -0.2) is 42.9 Å². The number of sulfonamides is 1. The molecule has 0 saturated heterocycles. The first-order chi connectivity index (χ1) is 15.1. The minimum absolute atomic E-state index is 0.145. The summed E-state index contributed by atoms with van der Waals surface area (Å²) in [7, 11) is -3.07. The molecule has 0 radical (unpaired) electrons. The van der Waals surface area contributed by atoms with Crippen LogP contribution < -0.4 is 10.1 Å². The van der Waals surface area contributed by atoms with E-state index in [-0.39, 0.29) is 13.0 Å². The largest absolute Gasteiger partial charge is 0.490 e. The van der Waals surface area contributed by atoms with Crippen molar-refractivity contribution in [3.8, 4) is 18.1 Å². The second-order valence-electron chi connectivity index (χ2n) is 7.05. The molecule has 0 bridgehead atoms. The molecule has 2 aromatic rings. The normalized spacial score (nSPS) is 13.6. The molecule has 13 heteroatoms. The number of halogens is 4. The molecule has 2 N–H and O–H groups in total. The number of aliphatic hydroxyl groups is 1. The van der Waals surface area contributed by atoms with Crippen LogP contribution in [0.1, 0.15) is 29.4 Å². The first-order valence-corrected chi connectivity index (χ1v) is 10.5. The zero-order chi connectivity index (χ0) is 25.2. The van der Waals surface area contributed by atoms with Crippen molar-refractivity contribution in [3.05, 3.63) is 41.5 Å². The highest BCUT2D eigenvalue weighted by Gasteiger charge is 2.35. The molecule has 0 saturated carbocycles. The number of aryl methyl sites for hydroxylation is 1. The molecule has 0 spiro atoms. The molecule has 33 heavy (non-hydrogen) atoms. The number of benzene rings is 1. The van der Waals surface area contributed by atoms with Crippen LogP contribution in [0.4, 0.5) is 23.2 Å². The standard InChI is InChI=1S/C20H19F4N3O5S/c1-5-19(2,29)8-9-32-17-15(33(30,31)25-3)11-27(4)16(17)18(28)26-12-6-7-14(21)13(10-12)20(22,23)24/h1,6-7,10-11,29H,3,8-9H2,2,4H3,(H,26,28). The molecule has 1 aromatic carbocycles. The molecule has 1 unspecified atom stereocenters. The number of terminal acetylenes is 1. The van der Waals surface area contributed by atoms with E-state index in [4.69, 9.17) is 11.2 Å². The lowest BCUT2D eigenvalue weighted by atomic mass is 10.1. The minimum Gasteiger partial charge on any atom is -0.490 e. The number of hydrogen-bond acceptors (Lipinski definition) is 5. The van der Waals surface area contributed by atoms with Crippen molar-refractivity contribution < 1.29 is 40.6 Å². The molecule has 178 valence electrons. The number of carbonyl (C=O) groups excluding carboxylic acids is 1. The predicted molar refractivity (Wildman–Crippen MR) is 111 cm³/mol. The first-order valence-electron chi connectivity index (χ1n) is 9.06. The summed E-state index contributed by atoms with van der Waals surface area (Å²) in [6, 6.07) is 1.82. The van der Waals surface area contributed by atoms with Gasteiger partial charge in [-0.2, -0.15) is 26.0 Å². The molecular weight excluding hydrogens is 470 g/mol. The van der Waals surface area contributed by atoms with Gasteiger partial charge in [0.1, 0.15) is 16.3 Å². The van der Waals surface area contributed by atoms with Crippen LogP contribution in [0.2, 0.25) is 0 Å². The summed E-state index contributed by atoms with van der Waals surface area (Å²) in [5, 5.41) is 12.0. The Kier molecular flexibility index (Phi) is 7.25. The summed E-state index contributed by atoms with van der Waals surface area (Å²) in [6.45, 7) is 3.95. The van der Waals surface area contributed by atoms with Gasteiger partial charge < -0.3 is 19.7 Å². The van der Waals surface area contributed by atoms with Crippen LogP contribution >= 0.6 is 0 Å². The van der Waals surface area contributed by atoms with Gasteiger partial charge in [-0.25, -0.2) is 4.39 Å². The van der Waals surface area contributed by atoms with Crippen molar-refractivity contribution in [2.75, 3.05) is 11.9 Å². The lowest BCUT2D eigenvalue weighted by molar-refractivity contribution is -0.139. The van der Waals surface area contributed by atoms with Crippen LogP contribution in [0.5, 0.6) is 5.75 Å². The highest BCUT2D eigenvalue weighted by molar-refractivity contribution is 7.90. The molecule has 1 heterocycles. The number of ether oxygens (including phenoxy) is 1. The van der Waals surface area contributed by atoms with E-state index in [2.05, 4.69) is 22.4 Å². The molecule has 8 nitrogen and oxygen atoms in total. The van der Waals surface area contributed by atoms with Gasteiger partial charge in [0, 0.05) is 32.1 Å². The number of amides is 1. The molecule has 0 fully saturated rings. The van der Waals surface area contributed by atoms with E-state index in [0.717, 1.165) is 16.8 Å². The molecule has 1 aromatic heterocycles. The van der Waals surface area contributed by atoms with Crippen LogP contribution in [0.25, 0.3) is 0 Å². The summed E-state index contributed by atoms with van der Waals surface area (Å²) < 4.78 is 86.4. The molecule has 0 aliphatic carbocycles. The smallest absolute Gasteiger partial charge is 0.419 e. The Morgan fingerprint density at radius 2 is 2.03 bits per heavy atom. The molecule has 1 amide bonds. The van der Waals surface area contributed by atoms with Gasteiger partial charge in [-0.15, -0.1) is 6.42 Å². The maximum absolute atomic E-state index is 13.5. The quantitative estimate of drug-likeness (QED) is 0.337. The van der Waals surface area contributed by atoms with Crippen molar-refractivity contribution in [1.29, 1.82) is 0 Å². The number of nitrogens with one attached hydrogen (secondary N) is 1. The zero-order valence-corrected chi connectivity index (χ0v) is 18.2. The number of rotatable bonds is 8. The Balaban J connectivity index is 2.48. The topological polar surface area (TPSA) is 110 Å². The highest BCUT2D eigenvalue weighted by Crippen LogP contribution is 2.35. The van der Waals surface area contributed by atoms with E-state index in [9.17, 15) is 35.9 Å². The van der Waals surface area contributed by atoms with E-state index in [1.165, 1.54) is 14.0 Å². The number of hydrogen-bond donors (Lipinski definition) is 2. The van der Waals surface area contributed by atoms with Gasteiger partial charge in [0.05, 0.1) is 12.2 Å². The second kappa shape index (κ2) is 9.24. The first kappa shape index (κ1) is 25.9. The lowest BCUT2D eigenvalue weighted by Gasteiger charge is -2.17. The van der Waals surface area contributed by atoms with Gasteiger partial charge in [0.25, 0.3) is 15.9 Å². The number of carbonyl (C=O) groups is 1. The van der Waals surface area contributed by atoms with Gasteiger partial charge in [-0.1, -0.05) is 5.92 Å². The third-order valence-electron chi connectivity index (χ3n) is 4.44. The Morgan fingerprint density at radius 3 is 2.58 bits per heavy atom. The fourth-order valence-corrected chi connectivity index (χ4v) is 3.49. The molecule has 1 atom stereocenters. The van der Waals surface area contributed by atoms with E-state index in [1.54, 1.807) is 0 Å². The summed E-state index contributed by atoms with van der Waals surface area (Å²) in [4.78, 5) is 12.3. The number of aromatic nitrogens is 1. The predicted octanol–water partition coefficient (Wildman–Crippen LogP) is 2.98. The Hall–Kier alpha value is -3.37. The molecule has 0 aliphatic heterocycles. The third-order valence-corrected chi connectivity index (χ3v) is 5.63. The summed E-state index contributed by atoms with van der Waals surface area (Å²) in [5.74, 6) is -0.963. The Morgan fingerprint density at radius 1 is 1.39 bits per heavy atom. The average Bonchev–Trinajstić information content (AvgIpc) is 3.05.